The van der Waals surface area contributed by atoms with Gasteiger partial charge in [0.05, 0.1) is 27.0 Å². The average molecular weight is 396 g/mol. The Morgan fingerprint density at radius 3 is 2.27 bits per heavy atom. The van der Waals surface area contributed by atoms with Crippen molar-refractivity contribution in [2.75, 3.05) is 21.3 Å². The highest BCUT2D eigenvalue weighted by atomic mass is 16.5. The first kappa shape index (κ1) is 19.3. The fourth-order valence-electron chi connectivity index (χ4n) is 3.51. The summed E-state index contributed by atoms with van der Waals surface area (Å²) in [6.45, 7) is 0. The molecule has 3 aromatic carbocycles. The second-order valence-corrected chi connectivity index (χ2v) is 6.68. The first-order valence-corrected chi connectivity index (χ1v) is 9.39. The maximum atomic E-state index is 9.82. The van der Waals surface area contributed by atoms with Crippen molar-refractivity contribution in [1.82, 2.24) is 4.98 Å². The van der Waals surface area contributed by atoms with E-state index in [0.29, 0.717) is 28.3 Å². The maximum absolute atomic E-state index is 9.82. The summed E-state index contributed by atoms with van der Waals surface area (Å²) in [6, 6.07) is 23.9. The quantitative estimate of drug-likeness (QED) is 0.448. The topological polar surface area (TPSA) is 64.4 Å². The maximum Gasteiger partial charge on any atom is 0.232 e. The first-order chi connectivity index (χ1) is 14.7. The molecular weight excluding hydrogens is 376 g/mol. The molecule has 148 valence electrons. The molecule has 4 aromatic rings. The van der Waals surface area contributed by atoms with Gasteiger partial charge in [-0.1, -0.05) is 36.4 Å². The first-order valence-electron chi connectivity index (χ1n) is 9.39. The van der Waals surface area contributed by atoms with Crippen LogP contribution in [0, 0.1) is 11.3 Å². The predicted molar refractivity (Wildman–Crippen MR) is 117 cm³/mol. The Kier molecular flexibility index (Phi) is 5.23. The zero-order chi connectivity index (χ0) is 21.1. The molecule has 0 radical (unpaired) electrons. The van der Waals surface area contributed by atoms with E-state index in [-0.39, 0.29) is 5.88 Å². The lowest BCUT2D eigenvalue weighted by atomic mass is 9.97. The lowest BCUT2D eigenvalue weighted by molar-refractivity contribution is 0.394. The van der Waals surface area contributed by atoms with Crippen molar-refractivity contribution in [2.45, 2.75) is 0 Å². The van der Waals surface area contributed by atoms with Crippen LogP contribution in [0.4, 0.5) is 0 Å². The number of rotatable bonds is 5. The van der Waals surface area contributed by atoms with Gasteiger partial charge in [-0.2, -0.15) is 5.26 Å². The summed E-state index contributed by atoms with van der Waals surface area (Å²) in [5.41, 5.74) is 3.45. The van der Waals surface area contributed by atoms with Gasteiger partial charge < -0.3 is 14.2 Å². The fourth-order valence-corrected chi connectivity index (χ4v) is 3.51. The molecule has 30 heavy (non-hydrogen) atoms. The van der Waals surface area contributed by atoms with Gasteiger partial charge in [-0.25, -0.2) is 4.98 Å². The summed E-state index contributed by atoms with van der Waals surface area (Å²) < 4.78 is 16.3. The lowest BCUT2D eigenvalue weighted by Crippen LogP contribution is -1.99. The Morgan fingerprint density at radius 2 is 1.57 bits per heavy atom. The summed E-state index contributed by atoms with van der Waals surface area (Å²) in [5.74, 6) is 1.55. The van der Waals surface area contributed by atoms with Crippen LogP contribution in [0.1, 0.15) is 5.56 Å². The zero-order valence-corrected chi connectivity index (χ0v) is 17.0. The van der Waals surface area contributed by atoms with Crippen LogP contribution in [-0.4, -0.2) is 26.3 Å². The fraction of sp³-hybridized carbons (Fsp3) is 0.120. The standard InChI is InChI=1S/C25H20N2O3/c1-28-19-10-11-20(24(13-19)29-2)21-14-23(27-25(30-3)22(21)15-26)18-9-8-16-6-4-5-7-17(16)12-18/h4-14H,1-3H3. The van der Waals surface area contributed by atoms with Crippen LogP contribution in [0.15, 0.2) is 66.7 Å². The smallest absolute Gasteiger partial charge is 0.232 e. The molecule has 0 spiro atoms. The molecule has 0 saturated carbocycles. The van der Waals surface area contributed by atoms with Crippen molar-refractivity contribution in [1.29, 1.82) is 5.26 Å². The Morgan fingerprint density at radius 1 is 0.767 bits per heavy atom. The molecule has 0 aliphatic carbocycles. The SMILES string of the molecule is COc1ccc(-c2cc(-c3ccc4ccccc4c3)nc(OC)c2C#N)c(OC)c1. The highest BCUT2D eigenvalue weighted by Crippen LogP contribution is 2.39. The molecule has 0 saturated heterocycles. The molecule has 5 heteroatoms. The highest BCUT2D eigenvalue weighted by Gasteiger charge is 2.19. The van der Waals surface area contributed by atoms with E-state index < -0.39 is 0 Å². The molecule has 1 aromatic heterocycles. The van der Waals surface area contributed by atoms with Gasteiger partial charge in [0.15, 0.2) is 0 Å². The zero-order valence-electron chi connectivity index (χ0n) is 17.0. The van der Waals surface area contributed by atoms with Crippen molar-refractivity contribution >= 4 is 10.8 Å². The Balaban J connectivity index is 1.96. The average Bonchev–Trinajstić information content (AvgIpc) is 2.82. The second kappa shape index (κ2) is 8.14. The van der Waals surface area contributed by atoms with Crippen LogP contribution in [-0.2, 0) is 0 Å². The molecule has 0 amide bonds. The molecule has 4 rings (SSSR count). The molecule has 0 aliphatic heterocycles. The number of hydrogen-bond acceptors (Lipinski definition) is 5. The minimum Gasteiger partial charge on any atom is -0.497 e. The molecule has 0 N–H and O–H groups in total. The van der Waals surface area contributed by atoms with Gasteiger partial charge in [0, 0.05) is 22.8 Å². The van der Waals surface area contributed by atoms with Crippen LogP contribution in [0.5, 0.6) is 17.4 Å². The van der Waals surface area contributed by atoms with Crippen LogP contribution in [0.3, 0.4) is 0 Å². The third-order valence-electron chi connectivity index (χ3n) is 5.04. The summed E-state index contributed by atoms with van der Waals surface area (Å²) in [6.07, 6.45) is 0. The Bertz CT molecular complexity index is 1280. The van der Waals surface area contributed by atoms with Gasteiger partial charge in [0.1, 0.15) is 23.1 Å². The Hall–Kier alpha value is -4.04. The summed E-state index contributed by atoms with van der Waals surface area (Å²) in [7, 11) is 4.71. The third-order valence-corrected chi connectivity index (χ3v) is 5.04. The second-order valence-electron chi connectivity index (χ2n) is 6.68. The number of nitrogens with zero attached hydrogens (tertiary/aromatic N) is 2. The van der Waals surface area contributed by atoms with Crippen molar-refractivity contribution in [2.24, 2.45) is 0 Å². The van der Waals surface area contributed by atoms with E-state index in [9.17, 15) is 5.26 Å². The summed E-state index contributed by atoms with van der Waals surface area (Å²) in [5, 5.41) is 12.1. The van der Waals surface area contributed by atoms with Gasteiger partial charge in [-0.05, 0) is 35.0 Å². The van der Waals surface area contributed by atoms with Gasteiger partial charge in [0.2, 0.25) is 5.88 Å². The third kappa shape index (κ3) is 3.40. The van der Waals surface area contributed by atoms with Gasteiger partial charge in [-0.3, -0.25) is 0 Å². The van der Waals surface area contributed by atoms with Crippen LogP contribution < -0.4 is 14.2 Å². The van der Waals surface area contributed by atoms with Crippen molar-refractivity contribution in [3.8, 4) is 45.8 Å². The molecule has 0 atom stereocenters. The highest BCUT2D eigenvalue weighted by molar-refractivity contribution is 5.88. The van der Waals surface area contributed by atoms with E-state index in [4.69, 9.17) is 14.2 Å². The van der Waals surface area contributed by atoms with Crippen LogP contribution in [0.25, 0.3) is 33.2 Å². The van der Waals surface area contributed by atoms with E-state index in [1.165, 1.54) is 7.11 Å². The largest absolute Gasteiger partial charge is 0.497 e. The number of fused-ring (bicyclic) bond motifs is 1. The van der Waals surface area contributed by atoms with E-state index in [2.05, 4.69) is 35.3 Å². The minimum atomic E-state index is 0.274. The molecule has 1 heterocycles. The van der Waals surface area contributed by atoms with Crippen molar-refractivity contribution in [3.05, 3.63) is 72.3 Å². The number of hydrogen-bond donors (Lipinski definition) is 0. The molecule has 0 fully saturated rings. The van der Waals surface area contributed by atoms with Crippen molar-refractivity contribution < 1.29 is 14.2 Å². The number of nitriles is 1. The minimum absolute atomic E-state index is 0.274. The number of aromatic nitrogens is 1. The van der Waals surface area contributed by atoms with Crippen molar-refractivity contribution in [3.63, 3.8) is 0 Å². The van der Waals surface area contributed by atoms with E-state index in [1.807, 2.05) is 36.4 Å². The van der Waals surface area contributed by atoms with Gasteiger partial charge >= 0.3 is 0 Å². The number of ether oxygens (including phenoxy) is 3. The summed E-state index contributed by atoms with van der Waals surface area (Å²) >= 11 is 0. The van der Waals surface area contributed by atoms with Gasteiger partial charge in [0.25, 0.3) is 0 Å². The monoisotopic (exact) mass is 396 g/mol. The summed E-state index contributed by atoms with van der Waals surface area (Å²) in [4.78, 5) is 4.60. The molecular formula is C25H20N2O3. The number of pyridine rings is 1. The van der Waals surface area contributed by atoms with E-state index >= 15 is 0 Å². The van der Waals surface area contributed by atoms with Crippen LogP contribution in [0.2, 0.25) is 0 Å². The Labute approximate surface area is 175 Å². The molecule has 5 nitrogen and oxygen atoms in total. The predicted octanol–water partition coefficient (Wildman–Crippen LogP) is 5.47. The van der Waals surface area contributed by atoms with E-state index in [1.54, 1.807) is 20.3 Å². The lowest BCUT2D eigenvalue weighted by Gasteiger charge is -2.15. The van der Waals surface area contributed by atoms with E-state index in [0.717, 1.165) is 21.9 Å². The molecule has 0 aliphatic rings. The van der Waals surface area contributed by atoms with Gasteiger partial charge in [-0.15, -0.1) is 0 Å². The number of benzene rings is 3. The molecule has 0 bridgehead atoms. The van der Waals surface area contributed by atoms with Crippen LogP contribution >= 0.6 is 0 Å². The normalized spacial score (nSPS) is 10.5. The molecule has 0 unspecified atom stereocenters. The number of methoxy groups -OCH3 is 3.